The third kappa shape index (κ3) is 4.11. The molecule has 0 saturated heterocycles. The number of nitrogens with zero attached hydrogens (tertiary/aromatic N) is 3. The van der Waals surface area contributed by atoms with Crippen molar-refractivity contribution in [2.75, 3.05) is 0 Å². The topological polar surface area (TPSA) is 85.3 Å². The van der Waals surface area contributed by atoms with Crippen molar-refractivity contribution in [1.29, 1.82) is 0 Å². The summed E-state index contributed by atoms with van der Waals surface area (Å²) in [5.41, 5.74) is 5.59. The fourth-order valence-corrected chi connectivity index (χ4v) is 4.60. The third-order valence-corrected chi connectivity index (χ3v) is 6.35. The highest BCUT2D eigenvalue weighted by molar-refractivity contribution is 7.18. The number of rotatable bonds is 3. The Morgan fingerprint density at radius 3 is 2.77 bits per heavy atom. The van der Waals surface area contributed by atoms with Gasteiger partial charge in [-0.1, -0.05) is 22.9 Å². The molecule has 166 valence electrons. The molecule has 2 atom stereocenters. The Bertz CT molecular complexity index is 1140. The highest BCUT2D eigenvalue weighted by Gasteiger charge is 2.46. The number of thiazole rings is 1. The molecule has 4 rings (SSSR count). The number of nitrogens with one attached hydrogen (secondary N) is 1. The summed E-state index contributed by atoms with van der Waals surface area (Å²) in [6, 6.07) is -0.328. The second-order valence-corrected chi connectivity index (χ2v) is 8.81. The Hall–Kier alpha value is -2.31. The Labute approximate surface area is 181 Å². The van der Waals surface area contributed by atoms with Gasteiger partial charge in [0.2, 0.25) is 0 Å². The maximum absolute atomic E-state index is 14.2. The standard InChI is InChI=1S/C18H15ClF5N5OS/c19-14-12(9-6-26-29-7-8(18(22,23)24)3-4-11(9)29)27-16(31-14)15(30)28-13-10(25)2-1-5-17(13,20)21/h3-4,6-7,10,13H,1-2,5,25H2,(H,28,30)/t10-,13+/m0/s1. The van der Waals surface area contributed by atoms with Crippen LogP contribution in [-0.4, -0.2) is 38.5 Å². The van der Waals surface area contributed by atoms with Crippen molar-refractivity contribution in [1.82, 2.24) is 19.9 Å². The van der Waals surface area contributed by atoms with Crippen LogP contribution in [0, 0.1) is 0 Å². The second-order valence-electron chi connectivity index (χ2n) is 7.21. The average molecular weight is 480 g/mol. The Morgan fingerprint density at radius 1 is 1.35 bits per heavy atom. The van der Waals surface area contributed by atoms with E-state index in [9.17, 15) is 26.7 Å². The van der Waals surface area contributed by atoms with Crippen LogP contribution >= 0.6 is 22.9 Å². The van der Waals surface area contributed by atoms with Gasteiger partial charge in [0.15, 0.2) is 5.01 Å². The van der Waals surface area contributed by atoms with Gasteiger partial charge in [-0.05, 0) is 25.0 Å². The maximum Gasteiger partial charge on any atom is 0.417 e. The summed E-state index contributed by atoms with van der Waals surface area (Å²) in [7, 11) is 0. The smallest absolute Gasteiger partial charge is 0.340 e. The largest absolute Gasteiger partial charge is 0.417 e. The molecule has 0 radical (unpaired) electrons. The summed E-state index contributed by atoms with van der Waals surface area (Å²) in [6.07, 6.45) is -2.21. The lowest BCUT2D eigenvalue weighted by atomic mass is 9.87. The van der Waals surface area contributed by atoms with Gasteiger partial charge in [-0.15, -0.1) is 0 Å². The van der Waals surface area contributed by atoms with Gasteiger partial charge in [0.05, 0.1) is 17.3 Å². The van der Waals surface area contributed by atoms with Crippen molar-refractivity contribution in [2.45, 2.75) is 43.4 Å². The van der Waals surface area contributed by atoms with Crippen LogP contribution in [0.25, 0.3) is 16.8 Å². The van der Waals surface area contributed by atoms with Crippen LogP contribution in [0.2, 0.25) is 4.34 Å². The summed E-state index contributed by atoms with van der Waals surface area (Å²) in [4.78, 5) is 16.7. The quantitative estimate of drug-likeness (QED) is 0.546. The molecule has 6 nitrogen and oxygen atoms in total. The molecule has 0 spiro atoms. The SMILES string of the molecule is N[C@H]1CCCC(F)(F)[C@@H]1NC(=O)c1nc(-c2cnn3cc(C(F)(F)F)ccc23)c(Cl)s1. The van der Waals surface area contributed by atoms with E-state index in [2.05, 4.69) is 15.4 Å². The number of pyridine rings is 1. The Balaban J connectivity index is 1.63. The molecule has 13 heteroatoms. The van der Waals surface area contributed by atoms with Gasteiger partial charge < -0.3 is 11.1 Å². The van der Waals surface area contributed by atoms with Crippen LogP contribution < -0.4 is 11.1 Å². The van der Waals surface area contributed by atoms with E-state index in [1.165, 1.54) is 12.3 Å². The van der Waals surface area contributed by atoms with Gasteiger partial charge in [-0.25, -0.2) is 18.3 Å². The normalized spacial score (nSPS) is 21.4. The number of alkyl halides is 5. The highest BCUT2D eigenvalue weighted by Crippen LogP contribution is 2.37. The van der Waals surface area contributed by atoms with Crippen LogP contribution in [0.1, 0.15) is 34.6 Å². The molecule has 31 heavy (non-hydrogen) atoms. The predicted molar refractivity (Wildman–Crippen MR) is 104 cm³/mol. The van der Waals surface area contributed by atoms with Crippen LogP contribution in [0.5, 0.6) is 0 Å². The first-order valence-corrected chi connectivity index (χ1v) is 10.3. The lowest BCUT2D eigenvalue weighted by Crippen LogP contribution is -2.59. The number of aromatic nitrogens is 3. The van der Waals surface area contributed by atoms with Crippen molar-refractivity contribution in [3.8, 4) is 11.3 Å². The first-order chi connectivity index (χ1) is 14.5. The number of nitrogens with two attached hydrogens (primary N) is 1. The molecule has 3 aromatic rings. The minimum absolute atomic E-state index is 0.0691. The molecule has 3 N–H and O–H groups in total. The lowest BCUT2D eigenvalue weighted by molar-refractivity contribution is -0.137. The van der Waals surface area contributed by atoms with Crippen molar-refractivity contribution in [3.05, 3.63) is 39.4 Å². The second kappa shape index (κ2) is 7.68. The predicted octanol–water partition coefficient (Wildman–Crippen LogP) is 4.37. The molecule has 3 aromatic heterocycles. The number of carbonyl (C=O) groups is 1. The molecular weight excluding hydrogens is 465 g/mol. The molecule has 0 aromatic carbocycles. The number of carbonyl (C=O) groups excluding carboxylic acids is 1. The van der Waals surface area contributed by atoms with E-state index >= 15 is 0 Å². The highest BCUT2D eigenvalue weighted by atomic mass is 35.5. The van der Waals surface area contributed by atoms with Crippen LogP contribution in [0.3, 0.4) is 0 Å². The van der Waals surface area contributed by atoms with Crippen molar-refractivity contribution in [2.24, 2.45) is 5.73 Å². The van der Waals surface area contributed by atoms with Gasteiger partial charge in [0, 0.05) is 24.2 Å². The van der Waals surface area contributed by atoms with E-state index in [1.807, 2.05) is 0 Å². The first-order valence-electron chi connectivity index (χ1n) is 9.13. The molecule has 1 aliphatic rings. The molecule has 1 amide bonds. The molecule has 1 aliphatic carbocycles. The molecule has 0 bridgehead atoms. The summed E-state index contributed by atoms with van der Waals surface area (Å²) >= 11 is 6.96. The zero-order chi connectivity index (χ0) is 22.6. The van der Waals surface area contributed by atoms with Gasteiger partial charge in [0.1, 0.15) is 16.1 Å². The average Bonchev–Trinajstić information content (AvgIpc) is 3.26. The minimum Gasteiger partial charge on any atom is -0.340 e. The summed E-state index contributed by atoms with van der Waals surface area (Å²) in [5, 5.41) is 5.98. The van der Waals surface area contributed by atoms with E-state index in [0.717, 1.165) is 28.1 Å². The van der Waals surface area contributed by atoms with Crippen molar-refractivity contribution < 1.29 is 26.7 Å². The van der Waals surface area contributed by atoms with E-state index < -0.39 is 35.7 Å². The lowest BCUT2D eigenvalue weighted by Gasteiger charge is -2.36. The summed E-state index contributed by atoms with van der Waals surface area (Å²) in [5.74, 6) is -3.99. The van der Waals surface area contributed by atoms with E-state index in [0.29, 0.717) is 12.0 Å². The molecule has 1 saturated carbocycles. The van der Waals surface area contributed by atoms with Crippen molar-refractivity contribution in [3.63, 3.8) is 0 Å². The Kier molecular flexibility index (Phi) is 5.42. The van der Waals surface area contributed by atoms with Gasteiger partial charge in [0.25, 0.3) is 11.8 Å². The number of hydrogen-bond acceptors (Lipinski definition) is 5. The number of amides is 1. The third-order valence-electron chi connectivity index (χ3n) is 5.10. The number of halogens is 6. The molecule has 0 aliphatic heterocycles. The monoisotopic (exact) mass is 479 g/mol. The summed E-state index contributed by atoms with van der Waals surface area (Å²) < 4.78 is 68.1. The fraction of sp³-hybridized carbons (Fsp3) is 0.389. The number of fused-ring (bicyclic) bond motifs is 1. The van der Waals surface area contributed by atoms with Crippen LogP contribution in [-0.2, 0) is 6.18 Å². The van der Waals surface area contributed by atoms with E-state index in [-0.39, 0.29) is 33.4 Å². The number of hydrogen-bond donors (Lipinski definition) is 2. The minimum atomic E-state index is -4.54. The van der Waals surface area contributed by atoms with E-state index in [4.69, 9.17) is 17.3 Å². The Morgan fingerprint density at radius 2 is 2.10 bits per heavy atom. The molecule has 1 fully saturated rings. The van der Waals surface area contributed by atoms with Crippen LogP contribution in [0.15, 0.2) is 24.5 Å². The molecule has 3 heterocycles. The van der Waals surface area contributed by atoms with Gasteiger partial charge >= 0.3 is 6.18 Å². The first kappa shape index (κ1) is 21.9. The van der Waals surface area contributed by atoms with E-state index in [1.54, 1.807) is 0 Å². The van der Waals surface area contributed by atoms with Gasteiger partial charge in [-0.2, -0.15) is 18.3 Å². The summed E-state index contributed by atoms with van der Waals surface area (Å²) in [6.45, 7) is 0. The molecular formula is C18H15ClF5N5OS. The van der Waals surface area contributed by atoms with Crippen LogP contribution in [0.4, 0.5) is 22.0 Å². The zero-order valence-electron chi connectivity index (χ0n) is 15.6. The maximum atomic E-state index is 14.2. The zero-order valence-corrected chi connectivity index (χ0v) is 17.2. The molecule has 0 unspecified atom stereocenters. The fourth-order valence-electron chi connectivity index (χ4n) is 3.52. The van der Waals surface area contributed by atoms with Gasteiger partial charge in [-0.3, -0.25) is 4.79 Å². The van der Waals surface area contributed by atoms with Crippen molar-refractivity contribution >= 4 is 34.4 Å².